The third kappa shape index (κ3) is 4.55. The van der Waals surface area contributed by atoms with Crippen LogP contribution in [-0.4, -0.2) is 58.0 Å². The monoisotopic (exact) mass is 259 g/mol. The van der Waals surface area contributed by atoms with Crippen LogP contribution >= 0.6 is 0 Å². The molecule has 0 spiro atoms. The van der Waals surface area contributed by atoms with E-state index in [-0.39, 0.29) is 12.5 Å². The molecule has 1 rings (SSSR count). The molecule has 0 unspecified atom stereocenters. The zero-order chi connectivity index (χ0) is 13.6. The topological polar surface area (TPSA) is 81.0 Å². The van der Waals surface area contributed by atoms with Crippen molar-refractivity contribution in [2.45, 2.75) is 44.6 Å². The third-order valence-corrected chi connectivity index (χ3v) is 3.86. The van der Waals surface area contributed by atoms with E-state index in [1.165, 1.54) is 0 Å². The molecule has 1 aliphatic carbocycles. The van der Waals surface area contributed by atoms with Crippen LogP contribution in [-0.2, 0) is 4.79 Å². The summed E-state index contributed by atoms with van der Waals surface area (Å²) in [6, 6.07) is 0. The van der Waals surface area contributed by atoms with Gasteiger partial charge < -0.3 is 20.2 Å². The number of carbonyl (C=O) groups is 1. The number of hydrogen-bond acceptors (Lipinski definition) is 4. The molecule has 0 radical (unpaired) electrons. The van der Waals surface area contributed by atoms with Crippen LogP contribution in [0.3, 0.4) is 0 Å². The highest BCUT2D eigenvalue weighted by molar-refractivity contribution is 5.70. The fourth-order valence-electron chi connectivity index (χ4n) is 2.62. The van der Waals surface area contributed by atoms with E-state index in [1.807, 2.05) is 6.92 Å². The van der Waals surface area contributed by atoms with Gasteiger partial charge in [-0.3, -0.25) is 4.79 Å². The molecule has 0 heterocycles. The molecule has 3 N–H and O–H groups in total. The first kappa shape index (κ1) is 15.4. The molecular formula is C13H25NO4. The van der Waals surface area contributed by atoms with Gasteiger partial charge in [0.05, 0.1) is 11.5 Å². The number of carboxylic acid groups (broad SMARTS) is 1. The zero-order valence-electron chi connectivity index (χ0n) is 11.1. The molecule has 1 aliphatic rings. The lowest BCUT2D eigenvalue weighted by molar-refractivity contribution is -0.145. The maximum absolute atomic E-state index is 10.9. The van der Waals surface area contributed by atoms with Crippen molar-refractivity contribution in [3.05, 3.63) is 0 Å². The molecule has 0 aromatic heterocycles. The van der Waals surface area contributed by atoms with E-state index in [0.29, 0.717) is 38.6 Å². The van der Waals surface area contributed by atoms with Crippen LogP contribution in [0.2, 0.25) is 0 Å². The fraction of sp³-hybridized carbons (Fsp3) is 0.923. The standard InChI is InChI=1S/C13H25NO4/c1-2-14(8-3-9-15)10-13(18)6-4-11(5-7-13)12(16)17/h11,15,18H,2-10H2,1H3,(H,16,17). The van der Waals surface area contributed by atoms with Crippen LogP contribution in [0.15, 0.2) is 0 Å². The first-order valence-electron chi connectivity index (χ1n) is 6.79. The van der Waals surface area contributed by atoms with Crippen molar-refractivity contribution in [1.29, 1.82) is 0 Å². The van der Waals surface area contributed by atoms with E-state index < -0.39 is 11.6 Å². The SMILES string of the molecule is CCN(CCCO)CC1(O)CCC(C(=O)O)CC1. The molecule has 0 aromatic rings. The van der Waals surface area contributed by atoms with E-state index in [0.717, 1.165) is 13.1 Å². The van der Waals surface area contributed by atoms with E-state index in [1.54, 1.807) is 0 Å². The minimum absolute atomic E-state index is 0.163. The van der Waals surface area contributed by atoms with Gasteiger partial charge in [-0.1, -0.05) is 6.92 Å². The number of aliphatic carboxylic acids is 1. The van der Waals surface area contributed by atoms with Gasteiger partial charge in [0.15, 0.2) is 0 Å². The van der Waals surface area contributed by atoms with Gasteiger partial charge in [-0.25, -0.2) is 0 Å². The molecule has 0 amide bonds. The molecule has 18 heavy (non-hydrogen) atoms. The predicted molar refractivity (Wildman–Crippen MR) is 68.4 cm³/mol. The second-order valence-electron chi connectivity index (χ2n) is 5.28. The third-order valence-electron chi connectivity index (χ3n) is 3.86. The Labute approximate surface area is 108 Å². The molecule has 0 saturated heterocycles. The van der Waals surface area contributed by atoms with Gasteiger partial charge >= 0.3 is 5.97 Å². The van der Waals surface area contributed by atoms with Crippen LogP contribution in [0, 0.1) is 5.92 Å². The summed E-state index contributed by atoms with van der Waals surface area (Å²) in [4.78, 5) is 13.0. The Kier molecular flexibility index (Phi) is 6.05. The van der Waals surface area contributed by atoms with Crippen molar-refractivity contribution in [2.24, 2.45) is 5.92 Å². The average molecular weight is 259 g/mol. The van der Waals surface area contributed by atoms with Crippen LogP contribution in [0.1, 0.15) is 39.0 Å². The van der Waals surface area contributed by atoms with Gasteiger partial charge in [-0.15, -0.1) is 0 Å². The summed E-state index contributed by atoms with van der Waals surface area (Å²) < 4.78 is 0. The first-order valence-corrected chi connectivity index (χ1v) is 6.79. The van der Waals surface area contributed by atoms with Crippen molar-refractivity contribution in [2.75, 3.05) is 26.2 Å². The number of hydrogen-bond donors (Lipinski definition) is 3. The van der Waals surface area contributed by atoms with Crippen molar-refractivity contribution in [3.8, 4) is 0 Å². The van der Waals surface area contributed by atoms with Crippen molar-refractivity contribution in [3.63, 3.8) is 0 Å². The average Bonchev–Trinajstić information content (AvgIpc) is 2.35. The molecule has 0 atom stereocenters. The Morgan fingerprint density at radius 2 is 2.00 bits per heavy atom. The summed E-state index contributed by atoms with van der Waals surface area (Å²) in [6.07, 6.45) is 2.94. The molecule has 0 aliphatic heterocycles. The minimum atomic E-state index is -0.753. The normalized spacial score (nSPS) is 28.6. The highest BCUT2D eigenvalue weighted by Gasteiger charge is 2.36. The largest absolute Gasteiger partial charge is 0.481 e. The minimum Gasteiger partial charge on any atom is -0.481 e. The first-order chi connectivity index (χ1) is 8.50. The molecule has 106 valence electrons. The lowest BCUT2D eigenvalue weighted by atomic mass is 9.78. The van der Waals surface area contributed by atoms with Crippen molar-refractivity contribution < 1.29 is 20.1 Å². The smallest absolute Gasteiger partial charge is 0.306 e. The van der Waals surface area contributed by atoms with E-state index in [9.17, 15) is 9.90 Å². The summed E-state index contributed by atoms with van der Waals surface area (Å²) in [6.45, 7) is 4.39. The van der Waals surface area contributed by atoms with Gasteiger partial charge in [0.2, 0.25) is 0 Å². The maximum atomic E-state index is 10.9. The summed E-state index contributed by atoms with van der Waals surface area (Å²) in [7, 11) is 0. The number of aliphatic hydroxyl groups excluding tert-OH is 1. The Morgan fingerprint density at radius 3 is 2.44 bits per heavy atom. The molecular weight excluding hydrogens is 234 g/mol. The second-order valence-corrected chi connectivity index (χ2v) is 5.28. The summed E-state index contributed by atoms with van der Waals surface area (Å²) in [5.41, 5.74) is -0.753. The number of rotatable bonds is 7. The van der Waals surface area contributed by atoms with Gasteiger partial charge in [0, 0.05) is 19.7 Å². The molecule has 5 heteroatoms. The number of nitrogens with zero attached hydrogens (tertiary/aromatic N) is 1. The molecule has 0 aromatic carbocycles. The van der Waals surface area contributed by atoms with E-state index in [2.05, 4.69) is 4.90 Å². The van der Waals surface area contributed by atoms with Gasteiger partial charge in [0.1, 0.15) is 0 Å². The number of carboxylic acids is 1. The molecule has 5 nitrogen and oxygen atoms in total. The Morgan fingerprint density at radius 1 is 1.39 bits per heavy atom. The summed E-state index contributed by atoms with van der Waals surface area (Å²) in [5, 5.41) is 28.2. The quantitative estimate of drug-likeness (QED) is 0.627. The fourth-order valence-corrected chi connectivity index (χ4v) is 2.62. The molecule has 1 saturated carbocycles. The van der Waals surface area contributed by atoms with Crippen molar-refractivity contribution >= 4 is 5.97 Å². The van der Waals surface area contributed by atoms with Gasteiger partial charge in [0.25, 0.3) is 0 Å². The van der Waals surface area contributed by atoms with Gasteiger partial charge in [-0.2, -0.15) is 0 Å². The van der Waals surface area contributed by atoms with Crippen LogP contribution in [0.5, 0.6) is 0 Å². The number of aliphatic hydroxyl groups is 2. The molecule has 0 bridgehead atoms. The highest BCUT2D eigenvalue weighted by Crippen LogP contribution is 2.32. The Balaban J connectivity index is 2.43. The number of likely N-dealkylation sites (N-methyl/N-ethyl adjacent to an activating group) is 1. The van der Waals surface area contributed by atoms with E-state index >= 15 is 0 Å². The maximum Gasteiger partial charge on any atom is 0.306 e. The van der Waals surface area contributed by atoms with E-state index in [4.69, 9.17) is 10.2 Å². The second kappa shape index (κ2) is 7.07. The summed E-state index contributed by atoms with van der Waals surface area (Å²) >= 11 is 0. The predicted octanol–water partition coefficient (Wildman–Crippen LogP) is 0.697. The zero-order valence-corrected chi connectivity index (χ0v) is 11.1. The van der Waals surface area contributed by atoms with Crippen LogP contribution in [0.25, 0.3) is 0 Å². The Hall–Kier alpha value is -0.650. The van der Waals surface area contributed by atoms with Crippen molar-refractivity contribution in [1.82, 2.24) is 4.90 Å². The highest BCUT2D eigenvalue weighted by atomic mass is 16.4. The van der Waals surface area contributed by atoms with Gasteiger partial charge in [-0.05, 0) is 38.6 Å². The summed E-state index contributed by atoms with van der Waals surface area (Å²) in [5.74, 6) is -1.04. The Bertz CT molecular complexity index is 262. The molecule has 1 fully saturated rings. The lowest BCUT2D eigenvalue weighted by Gasteiger charge is -2.38. The van der Waals surface area contributed by atoms with Crippen LogP contribution in [0.4, 0.5) is 0 Å². The lowest BCUT2D eigenvalue weighted by Crippen LogP contribution is -2.46. The van der Waals surface area contributed by atoms with Crippen LogP contribution < -0.4 is 0 Å².